The number of carbonyl (C=O) groups is 1. The maximum absolute atomic E-state index is 11.5. The van der Waals surface area contributed by atoms with Crippen LogP contribution in [-0.4, -0.2) is 24.7 Å². The Balaban J connectivity index is 0.00000361. The molecule has 1 aromatic carbocycles. The Morgan fingerprint density at radius 2 is 1.90 bits per heavy atom. The van der Waals surface area contributed by atoms with E-state index in [1.165, 1.54) is 13.0 Å². The van der Waals surface area contributed by atoms with E-state index in [9.17, 15) is 18.3 Å². The molecule has 8 heteroatoms. The summed E-state index contributed by atoms with van der Waals surface area (Å²) in [6.45, 7) is 4.46. The number of hydrogen-bond acceptors (Lipinski definition) is 5. The number of carbonyl (C=O) groups excluding carboxylic acids is 1. The van der Waals surface area contributed by atoms with Crippen molar-refractivity contribution in [1.29, 1.82) is 0 Å². The molecular formula is C12H14KNO5S. The number of aliphatic imine (C=N–C) groups is 1. The molecule has 1 rings (SSSR count). The van der Waals surface area contributed by atoms with Crippen LogP contribution in [-0.2, 0) is 14.9 Å². The summed E-state index contributed by atoms with van der Waals surface area (Å²) in [7, 11) is -4.48. The first-order valence-corrected chi connectivity index (χ1v) is 6.88. The van der Waals surface area contributed by atoms with Crippen LogP contribution in [0.4, 0.5) is 5.69 Å². The maximum atomic E-state index is 11.5. The van der Waals surface area contributed by atoms with Gasteiger partial charge in [-0.1, -0.05) is 6.07 Å². The topological polar surface area (TPSA) is 107 Å². The van der Waals surface area contributed by atoms with Crippen molar-refractivity contribution in [3.8, 4) is 0 Å². The zero-order chi connectivity index (χ0) is 14.8. The van der Waals surface area contributed by atoms with Crippen LogP contribution in [0.1, 0.15) is 24.5 Å². The van der Waals surface area contributed by atoms with E-state index in [1.807, 2.05) is 0 Å². The average Bonchev–Trinajstić information content (AvgIpc) is 2.18. The maximum Gasteiger partial charge on any atom is 1.00 e. The minimum absolute atomic E-state index is 0. The third-order valence-electron chi connectivity index (χ3n) is 2.32. The Bertz CT molecular complexity index is 652. The van der Waals surface area contributed by atoms with Gasteiger partial charge in [-0.3, -0.25) is 14.3 Å². The molecule has 104 valence electrons. The second-order valence-corrected chi connectivity index (χ2v) is 5.68. The molecule has 0 saturated heterocycles. The SMILES string of the molecule is CC(=O)CC([O-])=Nc1c(C)cc(C)cc1S(=O)(=O)O.[K+]. The third kappa shape index (κ3) is 5.72. The van der Waals surface area contributed by atoms with Crippen molar-refractivity contribution in [2.24, 2.45) is 4.99 Å². The van der Waals surface area contributed by atoms with Crippen LogP contribution in [0.2, 0.25) is 0 Å². The average molecular weight is 323 g/mol. The summed E-state index contributed by atoms with van der Waals surface area (Å²) >= 11 is 0. The molecule has 0 saturated carbocycles. The Labute approximate surface area is 160 Å². The molecule has 0 aliphatic heterocycles. The van der Waals surface area contributed by atoms with Crippen LogP contribution in [0.3, 0.4) is 0 Å². The molecule has 1 N–H and O–H groups in total. The summed E-state index contributed by atoms with van der Waals surface area (Å²) in [6.07, 6.45) is -0.405. The molecule has 0 bridgehead atoms. The predicted octanol–water partition coefficient (Wildman–Crippen LogP) is -2.08. The monoisotopic (exact) mass is 323 g/mol. The second-order valence-electron chi connectivity index (χ2n) is 4.29. The Morgan fingerprint density at radius 3 is 2.35 bits per heavy atom. The summed E-state index contributed by atoms with van der Waals surface area (Å²) in [4.78, 5) is 14.0. The Hall–Kier alpha value is -0.0936. The normalized spacial score (nSPS) is 11.9. The van der Waals surface area contributed by atoms with Crippen molar-refractivity contribution in [3.05, 3.63) is 23.3 Å². The van der Waals surface area contributed by atoms with Gasteiger partial charge in [0.2, 0.25) is 0 Å². The van der Waals surface area contributed by atoms with E-state index < -0.39 is 27.3 Å². The first kappa shape index (κ1) is 19.9. The molecule has 1 aromatic rings. The zero-order valence-corrected chi connectivity index (χ0v) is 15.7. The van der Waals surface area contributed by atoms with Gasteiger partial charge in [-0.2, -0.15) is 8.42 Å². The molecule has 0 radical (unpaired) electrons. The molecule has 0 fully saturated rings. The standard InChI is InChI=1S/C12H15NO5S.K/c1-7-4-8(2)12(10(5-7)19(16,17)18)13-11(15)6-9(3)14;/h4-5H,6H2,1-3H3,(H,13,15)(H,16,17,18);/q;+1/p-1. The number of nitrogens with zero attached hydrogens (tertiary/aromatic N) is 1. The van der Waals surface area contributed by atoms with E-state index in [0.29, 0.717) is 11.1 Å². The van der Waals surface area contributed by atoms with Crippen LogP contribution in [0.5, 0.6) is 0 Å². The first-order valence-electron chi connectivity index (χ1n) is 5.44. The summed E-state index contributed by atoms with van der Waals surface area (Å²) in [5, 5.41) is 11.5. The van der Waals surface area contributed by atoms with Crippen LogP contribution in [0, 0.1) is 13.8 Å². The molecule has 6 nitrogen and oxygen atoms in total. The molecule has 0 spiro atoms. The minimum atomic E-state index is -4.48. The van der Waals surface area contributed by atoms with E-state index in [-0.39, 0.29) is 62.9 Å². The summed E-state index contributed by atoms with van der Waals surface area (Å²) in [6, 6.07) is 2.86. The van der Waals surface area contributed by atoms with E-state index in [0.717, 1.165) is 0 Å². The first-order chi connectivity index (χ1) is 8.61. The summed E-state index contributed by atoms with van der Waals surface area (Å²) in [5.41, 5.74) is 0.923. The number of hydrogen-bond donors (Lipinski definition) is 1. The largest absolute Gasteiger partial charge is 1.00 e. The second kappa shape index (κ2) is 7.78. The molecule has 0 amide bonds. The fraction of sp³-hybridized carbons (Fsp3) is 0.333. The Kier molecular flexibility index (Phi) is 7.75. The molecule has 0 unspecified atom stereocenters. The van der Waals surface area contributed by atoms with Gasteiger partial charge >= 0.3 is 51.4 Å². The van der Waals surface area contributed by atoms with Crippen molar-refractivity contribution >= 4 is 27.5 Å². The molecule has 0 aliphatic rings. The van der Waals surface area contributed by atoms with E-state index in [1.54, 1.807) is 19.9 Å². The number of Topliss-reactive ketones (excluding diaryl/α,β-unsaturated/α-hetero) is 1. The van der Waals surface area contributed by atoms with E-state index in [2.05, 4.69) is 4.99 Å². The van der Waals surface area contributed by atoms with Crippen molar-refractivity contribution < 1.29 is 74.3 Å². The minimum Gasteiger partial charge on any atom is -0.861 e. The quantitative estimate of drug-likeness (QED) is 0.296. The van der Waals surface area contributed by atoms with Crippen molar-refractivity contribution in [2.45, 2.75) is 32.1 Å². The van der Waals surface area contributed by atoms with Gasteiger partial charge in [0.05, 0.1) is 5.69 Å². The van der Waals surface area contributed by atoms with Gasteiger partial charge in [-0.05, 0) is 43.9 Å². The molecule has 0 atom stereocenters. The molecule has 0 aromatic heterocycles. The number of benzene rings is 1. The van der Waals surface area contributed by atoms with Crippen LogP contribution >= 0.6 is 0 Å². The number of ketones is 1. The Morgan fingerprint density at radius 1 is 1.35 bits per heavy atom. The van der Waals surface area contributed by atoms with Crippen LogP contribution < -0.4 is 56.5 Å². The van der Waals surface area contributed by atoms with Crippen LogP contribution in [0.15, 0.2) is 22.0 Å². The van der Waals surface area contributed by atoms with Gasteiger partial charge in [-0.15, -0.1) is 0 Å². The summed E-state index contributed by atoms with van der Waals surface area (Å²) in [5.74, 6) is -1.11. The predicted molar refractivity (Wildman–Crippen MR) is 68.1 cm³/mol. The molecule has 0 heterocycles. The fourth-order valence-corrected chi connectivity index (χ4v) is 2.42. The molecule has 20 heavy (non-hydrogen) atoms. The van der Waals surface area contributed by atoms with Gasteiger partial charge in [0, 0.05) is 6.42 Å². The fourth-order valence-electron chi connectivity index (χ4n) is 1.64. The van der Waals surface area contributed by atoms with Gasteiger partial charge in [0.15, 0.2) is 0 Å². The number of rotatable bonds is 4. The van der Waals surface area contributed by atoms with Gasteiger partial charge in [0.1, 0.15) is 10.7 Å². The van der Waals surface area contributed by atoms with Crippen molar-refractivity contribution in [2.75, 3.05) is 0 Å². The van der Waals surface area contributed by atoms with E-state index in [4.69, 9.17) is 4.55 Å². The smallest absolute Gasteiger partial charge is 0.861 e. The third-order valence-corrected chi connectivity index (χ3v) is 3.19. The van der Waals surface area contributed by atoms with Gasteiger partial charge in [0.25, 0.3) is 10.1 Å². The van der Waals surface area contributed by atoms with Crippen molar-refractivity contribution in [1.82, 2.24) is 0 Å². The molecule has 0 aliphatic carbocycles. The van der Waals surface area contributed by atoms with Gasteiger partial charge in [-0.25, -0.2) is 0 Å². The van der Waals surface area contributed by atoms with Gasteiger partial charge < -0.3 is 5.11 Å². The van der Waals surface area contributed by atoms with Crippen LogP contribution in [0.25, 0.3) is 0 Å². The van der Waals surface area contributed by atoms with E-state index >= 15 is 0 Å². The van der Waals surface area contributed by atoms with Crippen molar-refractivity contribution in [3.63, 3.8) is 0 Å². The molecular weight excluding hydrogens is 309 g/mol. The summed E-state index contributed by atoms with van der Waals surface area (Å²) < 4.78 is 31.7. The number of aryl methyl sites for hydroxylation is 2. The zero-order valence-electron chi connectivity index (χ0n) is 11.8.